The normalized spacial score (nSPS) is 26.4. The molecule has 0 amide bonds. The summed E-state index contributed by atoms with van der Waals surface area (Å²) in [4.78, 5) is 6.01. The fourth-order valence-corrected chi connectivity index (χ4v) is 5.46. The van der Waals surface area contributed by atoms with Crippen molar-refractivity contribution in [3.8, 4) is 16.8 Å². The molecule has 0 bridgehead atoms. The van der Waals surface area contributed by atoms with E-state index in [1.807, 2.05) is 29.6 Å². The highest BCUT2D eigenvalue weighted by molar-refractivity contribution is 8.07. The van der Waals surface area contributed by atoms with Gasteiger partial charge in [-0.15, -0.1) is 23.1 Å². The van der Waals surface area contributed by atoms with Gasteiger partial charge >= 0.3 is 0 Å². The predicted octanol–water partition coefficient (Wildman–Crippen LogP) is 3.97. The summed E-state index contributed by atoms with van der Waals surface area (Å²) in [6.45, 7) is 4.50. The topological polar surface area (TPSA) is 62.7 Å². The minimum atomic E-state index is 0.291. The maximum Gasteiger partial charge on any atom is 0.268 e. The van der Waals surface area contributed by atoms with Crippen LogP contribution in [0.2, 0.25) is 0 Å². The molecule has 4 nitrogen and oxygen atoms in total. The molecule has 1 fully saturated rings. The van der Waals surface area contributed by atoms with E-state index < -0.39 is 0 Å². The second-order valence-corrected chi connectivity index (χ2v) is 8.68. The van der Waals surface area contributed by atoms with Gasteiger partial charge < -0.3 is 4.52 Å². The second-order valence-electron chi connectivity index (χ2n) is 4.60. The van der Waals surface area contributed by atoms with Crippen LogP contribution in [0.4, 0.5) is 0 Å². The lowest BCUT2D eigenvalue weighted by molar-refractivity contribution is 0.423. The molecule has 104 valence electrons. The molecule has 0 aromatic carbocycles. The Kier molecular flexibility index (Phi) is 4.06. The molecule has 3 rings (SSSR count). The van der Waals surface area contributed by atoms with Crippen LogP contribution in [-0.4, -0.2) is 26.4 Å². The highest BCUT2D eigenvalue weighted by Crippen LogP contribution is 2.43. The van der Waals surface area contributed by atoms with Gasteiger partial charge in [-0.3, -0.25) is 0 Å². The van der Waals surface area contributed by atoms with Gasteiger partial charge in [0.1, 0.15) is 10.9 Å². The fourth-order valence-electron chi connectivity index (χ4n) is 1.90. The molecule has 1 saturated heterocycles. The summed E-state index contributed by atoms with van der Waals surface area (Å²) in [6, 6.07) is 5.75. The Morgan fingerprint density at radius 3 is 2.90 bits per heavy atom. The van der Waals surface area contributed by atoms with Crippen molar-refractivity contribution in [2.24, 2.45) is 0 Å². The van der Waals surface area contributed by atoms with Crippen LogP contribution >= 0.6 is 34.9 Å². The van der Waals surface area contributed by atoms with E-state index in [9.17, 15) is 0 Å². The van der Waals surface area contributed by atoms with Crippen molar-refractivity contribution in [2.75, 3.05) is 5.75 Å². The molecule has 3 atom stereocenters. The van der Waals surface area contributed by atoms with Gasteiger partial charge in [0, 0.05) is 16.3 Å². The monoisotopic (exact) mass is 323 g/mol. The van der Waals surface area contributed by atoms with Crippen molar-refractivity contribution < 1.29 is 4.52 Å². The molecular weight excluding hydrogens is 310 g/mol. The fraction of sp³-hybridized carbons (Fsp3) is 0.462. The summed E-state index contributed by atoms with van der Waals surface area (Å²) in [5.74, 6) is 2.30. The molecule has 3 unspecified atom stereocenters. The molecule has 2 aromatic rings. The number of nitriles is 1. The Labute approximate surface area is 130 Å². The molecule has 2 aromatic heterocycles. The standard InChI is InChI=1S/C13H13N3OS3/c1-7-8(2)19-11(6-18-7)12-15-13(17-16-12)10-4-3-9(5-14)20-10/h3-4,7-8,11H,6H2,1-2H3. The summed E-state index contributed by atoms with van der Waals surface area (Å²) in [5.41, 5.74) is 0. The average Bonchev–Trinajstić information content (AvgIpc) is 3.09. The molecule has 3 heterocycles. The maximum absolute atomic E-state index is 8.85. The Balaban J connectivity index is 1.78. The van der Waals surface area contributed by atoms with Crippen LogP contribution in [0.15, 0.2) is 16.7 Å². The summed E-state index contributed by atoms with van der Waals surface area (Å²) >= 11 is 5.25. The maximum atomic E-state index is 8.85. The van der Waals surface area contributed by atoms with E-state index >= 15 is 0 Å². The van der Waals surface area contributed by atoms with E-state index in [4.69, 9.17) is 9.78 Å². The molecule has 1 aliphatic rings. The third kappa shape index (κ3) is 2.73. The molecule has 0 N–H and O–H groups in total. The van der Waals surface area contributed by atoms with Crippen LogP contribution in [0.5, 0.6) is 0 Å². The minimum absolute atomic E-state index is 0.291. The number of thiophene rings is 1. The molecule has 1 aliphatic heterocycles. The summed E-state index contributed by atoms with van der Waals surface area (Å²) in [5, 5.41) is 14.5. The van der Waals surface area contributed by atoms with E-state index in [1.165, 1.54) is 11.3 Å². The van der Waals surface area contributed by atoms with Gasteiger partial charge in [-0.05, 0) is 12.1 Å². The number of rotatable bonds is 2. The van der Waals surface area contributed by atoms with E-state index in [2.05, 4.69) is 30.1 Å². The number of aromatic nitrogens is 2. The molecule has 0 aliphatic carbocycles. The van der Waals surface area contributed by atoms with Crippen LogP contribution in [0, 0.1) is 11.3 Å². The van der Waals surface area contributed by atoms with Gasteiger partial charge in [0.05, 0.1) is 10.1 Å². The predicted molar refractivity (Wildman–Crippen MR) is 84.0 cm³/mol. The van der Waals surface area contributed by atoms with Gasteiger partial charge in [0.25, 0.3) is 5.89 Å². The van der Waals surface area contributed by atoms with Crippen molar-refractivity contribution in [1.29, 1.82) is 5.26 Å². The van der Waals surface area contributed by atoms with Gasteiger partial charge in [-0.25, -0.2) is 0 Å². The van der Waals surface area contributed by atoms with Crippen molar-refractivity contribution in [3.63, 3.8) is 0 Å². The largest absolute Gasteiger partial charge is 0.333 e. The molecule has 7 heteroatoms. The van der Waals surface area contributed by atoms with E-state index in [0.29, 0.717) is 26.5 Å². The number of hydrogen-bond acceptors (Lipinski definition) is 7. The van der Waals surface area contributed by atoms with E-state index in [1.54, 1.807) is 6.07 Å². The Hall–Kier alpha value is -0.970. The van der Waals surface area contributed by atoms with Crippen molar-refractivity contribution in [1.82, 2.24) is 10.1 Å². The van der Waals surface area contributed by atoms with Gasteiger partial charge in [-0.2, -0.15) is 22.0 Å². The van der Waals surface area contributed by atoms with Crippen molar-refractivity contribution in [3.05, 3.63) is 22.8 Å². The second kappa shape index (κ2) is 5.80. The number of nitrogens with zero attached hydrogens (tertiary/aromatic N) is 3. The lowest BCUT2D eigenvalue weighted by Gasteiger charge is -2.29. The Morgan fingerprint density at radius 2 is 2.20 bits per heavy atom. The Morgan fingerprint density at radius 1 is 1.35 bits per heavy atom. The first-order valence-corrected chi connectivity index (χ1v) is 9.09. The zero-order valence-electron chi connectivity index (χ0n) is 11.1. The van der Waals surface area contributed by atoms with Crippen LogP contribution in [-0.2, 0) is 0 Å². The SMILES string of the molecule is CC1SCC(c2noc(-c3ccc(C#N)s3)n2)SC1C. The number of hydrogen-bond donors (Lipinski definition) is 0. The average molecular weight is 323 g/mol. The molecule has 0 spiro atoms. The highest BCUT2D eigenvalue weighted by atomic mass is 32.2. The molecule has 0 saturated carbocycles. The van der Waals surface area contributed by atoms with Gasteiger partial charge in [0.15, 0.2) is 5.82 Å². The molecular formula is C13H13N3OS3. The van der Waals surface area contributed by atoms with Crippen LogP contribution in [0.25, 0.3) is 10.8 Å². The smallest absolute Gasteiger partial charge is 0.268 e. The van der Waals surface area contributed by atoms with E-state index in [-0.39, 0.29) is 0 Å². The minimum Gasteiger partial charge on any atom is -0.333 e. The first-order valence-electron chi connectivity index (χ1n) is 6.28. The first-order chi connectivity index (χ1) is 9.67. The quantitative estimate of drug-likeness (QED) is 0.833. The van der Waals surface area contributed by atoms with Crippen LogP contribution < -0.4 is 0 Å². The summed E-state index contributed by atoms with van der Waals surface area (Å²) in [7, 11) is 0. The van der Waals surface area contributed by atoms with E-state index in [0.717, 1.165) is 16.5 Å². The number of thioether (sulfide) groups is 2. The Bertz CT molecular complexity index is 645. The third-order valence-electron chi connectivity index (χ3n) is 3.21. The van der Waals surface area contributed by atoms with Crippen molar-refractivity contribution in [2.45, 2.75) is 29.6 Å². The summed E-state index contributed by atoms with van der Waals surface area (Å²) < 4.78 is 5.34. The van der Waals surface area contributed by atoms with Crippen LogP contribution in [0.1, 0.15) is 29.8 Å². The lowest BCUT2D eigenvalue weighted by atomic mass is 10.3. The highest BCUT2D eigenvalue weighted by Gasteiger charge is 2.30. The zero-order chi connectivity index (χ0) is 14.1. The molecule has 0 radical (unpaired) electrons. The van der Waals surface area contributed by atoms with Crippen molar-refractivity contribution >= 4 is 34.9 Å². The van der Waals surface area contributed by atoms with Gasteiger partial charge in [0.2, 0.25) is 0 Å². The molecule has 20 heavy (non-hydrogen) atoms. The van der Waals surface area contributed by atoms with Crippen LogP contribution in [0.3, 0.4) is 0 Å². The first kappa shape index (κ1) is 14.0. The lowest BCUT2D eigenvalue weighted by Crippen LogP contribution is -2.22. The van der Waals surface area contributed by atoms with Gasteiger partial charge in [-0.1, -0.05) is 19.0 Å². The third-order valence-corrected chi connectivity index (χ3v) is 7.57. The zero-order valence-corrected chi connectivity index (χ0v) is 13.5. The summed E-state index contributed by atoms with van der Waals surface area (Å²) in [6.07, 6.45) is 0.